The van der Waals surface area contributed by atoms with Crippen molar-refractivity contribution in [1.82, 2.24) is 15.0 Å². The number of pyridine rings is 2. The molecule has 3 N–H and O–H groups in total. The number of nitrogens with two attached hydrogens (primary N) is 1. The van der Waals surface area contributed by atoms with Gasteiger partial charge in [0.15, 0.2) is 0 Å². The molecule has 4 aromatic rings. The van der Waals surface area contributed by atoms with Gasteiger partial charge in [0.25, 0.3) is 0 Å². The molecule has 36 heavy (non-hydrogen) atoms. The molecular formula is C26H26F3N5O2. The number of primary amides is 1. The third-order valence-corrected chi connectivity index (χ3v) is 5.73. The fourth-order valence-electron chi connectivity index (χ4n) is 4.16. The van der Waals surface area contributed by atoms with Crippen LogP contribution in [0.4, 0.5) is 18.9 Å². The highest BCUT2D eigenvalue weighted by molar-refractivity contribution is 5.94. The number of ether oxygens (including phenoxy) is 1. The second kappa shape index (κ2) is 10.3. The molecule has 3 aromatic heterocycles. The molecule has 0 aliphatic rings. The van der Waals surface area contributed by atoms with Gasteiger partial charge in [-0.2, -0.15) is 13.2 Å². The van der Waals surface area contributed by atoms with Gasteiger partial charge in [-0.3, -0.25) is 9.78 Å². The van der Waals surface area contributed by atoms with Crippen LogP contribution in [0.2, 0.25) is 0 Å². The molecule has 0 saturated heterocycles. The van der Waals surface area contributed by atoms with Crippen molar-refractivity contribution in [3.05, 3.63) is 72.8 Å². The molecule has 0 radical (unpaired) electrons. The topological polar surface area (TPSA) is 97.1 Å². The van der Waals surface area contributed by atoms with Crippen molar-refractivity contribution in [1.29, 1.82) is 0 Å². The van der Waals surface area contributed by atoms with Gasteiger partial charge < -0.3 is 20.4 Å². The molecule has 4 rings (SSSR count). The van der Waals surface area contributed by atoms with Crippen LogP contribution in [0, 0.1) is 5.92 Å². The summed E-state index contributed by atoms with van der Waals surface area (Å²) in [5, 5.41) is 0.720. The summed E-state index contributed by atoms with van der Waals surface area (Å²) in [4.78, 5) is 24.7. The van der Waals surface area contributed by atoms with Crippen LogP contribution in [0.3, 0.4) is 0 Å². The number of aromatic nitrogens is 3. The van der Waals surface area contributed by atoms with Gasteiger partial charge in [0.2, 0.25) is 5.91 Å². The summed E-state index contributed by atoms with van der Waals surface area (Å²) in [7, 11) is 0. The molecule has 0 aliphatic heterocycles. The Morgan fingerprint density at radius 3 is 2.56 bits per heavy atom. The molecular weight excluding hydrogens is 471 g/mol. The quantitative estimate of drug-likeness (QED) is 0.336. The zero-order valence-electron chi connectivity index (χ0n) is 19.8. The first-order valence-corrected chi connectivity index (χ1v) is 11.3. The second-order valence-corrected chi connectivity index (χ2v) is 8.81. The van der Waals surface area contributed by atoms with E-state index in [0.29, 0.717) is 29.1 Å². The summed E-state index contributed by atoms with van der Waals surface area (Å²) in [5.41, 5.74) is 8.47. The Balaban J connectivity index is 1.69. The lowest BCUT2D eigenvalue weighted by Crippen LogP contribution is -2.51. The maximum atomic E-state index is 13.5. The summed E-state index contributed by atoms with van der Waals surface area (Å²) in [6.07, 6.45) is 1.61. The number of carbonyl (C=O) groups is 1. The molecule has 10 heteroatoms. The third-order valence-electron chi connectivity index (χ3n) is 5.73. The highest BCUT2D eigenvalue weighted by Crippen LogP contribution is 2.33. The molecule has 0 aliphatic carbocycles. The number of carbonyl (C=O) groups excluding carboxylic acids is 1. The maximum absolute atomic E-state index is 13.5. The van der Waals surface area contributed by atoms with E-state index in [1.165, 1.54) is 6.20 Å². The number of alkyl halides is 3. The minimum Gasteiger partial charge on any atom is -0.487 e. The van der Waals surface area contributed by atoms with Gasteiger partial charge in [0, 0.05) is 28.9 Å². The van der Waals surface area contributed by atoms with E-state index in [-0.39, 0.29) is 5.69 Å². The van der Waals surface area contributed by atoms with Crippen molar-refractivity contribution >= 4 is 22.6 Å². The molecule has 0 unspecified atom stereocenters. The van der Waals surface area contributed by atoms with Gasteiger partial charge in [-0.1, -0.05) is 44.2 Å². The van der Waals surface area contributed by atoms with Gasteiger partial charge in [-0.15, -0.1) is 0 Å². The number of hydrogen-bond donors (Lipinski definition) is 2. The molecule has 188 valence electrons. The van der Waals surface area contributed by atoms with Crippen LogP contribution >= 0.6 is 0 Å². The van der Waals surface area contributed by atoms with Crippen LogP contribution in [0.15, 0.2) is 67.3 Å². The van der Waals surface area contributed by atoms with Crippen LogP contribution in [0.5, 0.6) is 5.75 Å². The van der Waals surface area contributed by atoms with Gasteiger partial charge in [0.05, 0.1) is 18.1 Å². The van der Waals surface area contributed by atoms with E-state index in [1.54, 1.807) is 38.5 Å². The standard InChI is InChI=1S/C26H26F3N5O2/c1-16(2)23(24(30)35)34(15-26(27,28)29)19-8-18(10-31-11-19)22-13-33-25-21(22)9-20(12-32-25)36-14-17-6-4-3-5-7-17/h3-13,16,23H,14-15H2,1-2H3,(H2,30,35)(H,32,33)/t23-/m0/s1. The van der Waals surface area contributed by atoms with Crippen molar-refractivity contribution in [2.75, 3.05) is 11.4 Å². The fourth-order valence-corrected chi connectivity index (χ4v) is 4.16. The molecule has 1 aromatic carbocycles. The molecule has 3 heterocycles. The van der Waals surface area contributed by atoms with E-state index in [4.69, 9.17) is 10.5 Å². The monoisotopic (exact) mass is 497 g/mol. The lowest BCUT2D eigenvalue weighted by atomic mass is 10.0. The van der Waals surface area contributed by atoms with Crippen molar-refractivity contribution in [3.63, 3.8) is 0 Å². The molecule has 0 spiro atoms. The second-order valence-electron chi connectivity index (χ2n) is 8.81. The lowest BCUT2D eigenvalue weighted by Gasteiger charge is -2.34. The Bertz CT molecular complexity index is 1340. The first-order chi connectivity index (χ1) is 17.1. The average molecular weight is 498 g/mol. The number of halogens is 3. The van der Waals surface area contributed by atoms with E-state index < -0.39 is 30.6 Å². The zero-order chi connectivity index (χ0) is 25.9. The first-order valence-electron chi connectivity index (χ1n) is 11.3. The Kier molecular flexibility index (Phi) is 7.14. The summed E-state index contributed by atoms with van der Waals surface area (Å²) in [6, 6.07) is 11.9. The Morgan fingerprint density at radius 1 is 1.14 bits per heavy atom. The predicted molar refractivity (Wildman–Crippen MR) is 131 cm³/mol. The Labute approximate surface area is 206 Å². The summed E-state index contributed by atoms with van der Waals surface area (Å²) < 4.78 is 46.3. The molecule has 0 saturated carbocycles. The summed E-state index contributed by atoms with van der Waals surface area (Å²) in [5.74, 6) is -0.741. The number of H-pyrrole nitrogens is 1. The Morgan fingerprint density at radius 2 is 1.89 bits per heavy atom. The number of fused-ring (bicyclic) bond motifs is 1. The SMILES string of the molecule is CC(C)[C@@H](C(N)=O)N(CC(F)(F)F)c1cncc(-c2c[nH]c3ncc(OCc4ccccc4)cc23)c1. The van der Waals surface area contributed by atoms with E-state index >= 15 is 0 Å². The van der Waals surface area contributed by atoms with Crippen LogP contribution in [-0.2, 0) is 11.4 Å². The normalized spacial score (nSPS) is 12.6. The largest absolute Gasteiger partial charge is 0.487 e. The maximum Gasteiger partial charge on any atom is 0.405 e. The smallest absolute Gasteiger partial charge is 0.405 e. The van der Waals surface area contributed by atoms with Crippen molar-refractivity contribution in [2.45, 2.75) is 32.7 Å². The highest BCUT2D eigenvalue weighted by atomic mass is 19.4. The van der Waals surface area contributed by atoms with Gasteiger partial charge in [0.1, 0.15) is 30.6 Å². The number of anilines is 1. The van der Waals surface area contributed by atoms with Crippen LogP contribution in [-0.4, -0.2) is 39.6 Å². The number of rotatable bonds is 9. The lowest BCUT2D eigenvalue weighted by molar-refractivity contribution is -0.126. The number of nitrogens with zero attached hydrogens (tertiary/aromatic N) is 3. The van der Waals surface area contributed by atoms with E-state index in [2.05, 4.69) is 15.0 Å². The number of aromatic amines is 1. The predicted octanol–water partition coefficient (Wildman–Crippen LogP) is 5.08. The molecule has 0 bridgehead atoms. The van der Waals surface area contributed by atoms with Gasteiger partial charge in [-0.25, -0.2) is 4.98 Å². The summed E-state index contributed by atoms with van der Waals surface area (Å²) in [6.45, 7) is 2.33. The first kappa shape index (κ1) is 25.0. The van der Waals surface area contributed by atoms with Crippen LogP contribution < -0.4 is 15.4 Å². The zero-order valence-corrected chi connectivity index (χ0v) is 19.8. The van der Waals surface area contributed by atoms with Crippen molar-refractivity contribution < 1.29 is 22.7 Å². The third kappa shape index (κ3) is 5.76. The van der Waals surface area contributed by atoms with Crippen LogP contribution in [0.25, 0.3) is 22.2 Å². The highest BCUT2D eigenvalue weighted by Gasteiger charge is 2.37. The molecule has 7 nitrogen and oxygen atoms in total. The molecule has 1 amide bonds. The minimum atomic E-state index is -4.55. The van der Waals surface area contributed by atoms with Crippen molar-refractivity contribution in [3.8, 4) is 16.9 Å². The number of hydrogen-bond acceptors (Lipinski definition) is 5. The van der Waals surface area contributed by atoms with Crippen LogP contribution in [0.1, 0.15) is 19.4 Å². The van der Waals surface area contributed by atoms with E-state index in [9.17, 15) is 18.0 Å². The summed E-state index contributed by atoms with van der Waals surface area (Å²) >= 11 is 0. The minimum absolute atomic E-state index is 0.140. The number of benzene rings is 1. The molecule has 1 atom stereocenters. The average Bonchev–Trinajstić information content (AvgIpc) is 3.25. The van der Waals surface area contributed by atoms with Gasteiger partial charge >= 0.3 is 6.18 Å². The Hall–Kier alpha value is -4.08. The number of nitrogens with one attached hydrogen (secondary N) is 1. The van der Waals surface area contributed by atoms with E-state index in [0.717, 1.165) is 15.8 Å². The molecule has 0 fully saturated rings. The van der Waals surface area contributed by atoms with E-state index in [1.807, 2.05) is 36.4 Å². The van der Waals surface area contributed by atoms with Crippen molar-refractivity contribution in [2.24, 2.45) is 11.7 Å². The fraction of sp³-hybridized carbons (Fsp3) is 0.269. The number of amides is 1. The van der Waals surface area contributed by atoms with Gasteiger partial charge in [-0.05, 0) is 23.6 Å².